The number of aromatic amines is 1. The molecule has 0 unspecified atom stereocenters. The van der Waals surface area contributed by atoms with E-state index >= 15 is 0 Å². The second-order valence-electron chi connectivity index (χ2n) is 6.56. The third kappa shape index (κ3) is 3.27. The van der Waals surface area contributed by atoms with Crippen LogP contribution in [0.3, 0.4) is 0 Å². The summed E-state index contributed by atoms with van der Waals surface area (Å²) in [5.41, 5.74) is 1.38. The Morgan fingerprint density at radius 3 is 2.29 bits per heavy atom. The fourth-order valence-electron chi connectivity index (χ4n) is 3.61. The molecule has 1 heterocycles. The van der Waals surface area contributed by atoms with Gasteiger partial charge in [0.05, 0.1) is 17.8 Å². The van der Waals surface area contributed by atoms with Gasteiger partial charge < -0.3 is 0 Å². The molecule has 2 fully saturated rings. The van der Waals surface area contributed by atoms with Crippen molar-refractivity contribution in [3.05, 3.63) is 16.0 Å². The lowest BCUT2D eigenvalue weighted by molar-refractivity contribution is 0.322. The Balaban J connectivity index is 1.77. The van der Waals surface area contributed by atoms with Crippen molar-refractivity contribution in [3.63, 3.8) is 0 Å². The largest absolute Gasteiger partial charge is 0.297 e. The van der Waals surface area contributed by atoms with E-state index in [4.69, 9.17) is 0 Å². The second-order valence-corrected chi connectivity index (χ2v) is 6.56. The Morgan fingerprint density at radius 1 is 1.00 bits per heavy atom. The van der Waals surface area contributed by atoms with Gasteiger partial charge in [-0.3, -0.25) is 9.89 Å². The van der Waals surface area contributed by atoms with E-state index in [1.807, 2.05) is 6.92 Å². The first-order valence-electron chi connectivity index (χ1n) is 8.47. The Morgan fingerprint density at radius 2 is 1.62 bits per heavy atom. The maximum atomic E-state index is 12.5. The maximum absolute atomic E-state index is 12.5. The van der Waals surface area contributed by atoms with Crippen molar-refractivity contribution >= 4 is 5.69 Å². The highest BCUT2D eigenvalue weighted by atomic mass is 16.1. The lowest BCUT2D eigenvalue weighted by Crippen LogP contribution is -2.24. The van der Waals surface area contributed by atoms with E-state index in [1.54, 1.807) is 4.68 Å². The summed E-state index contributed by atoms with van der Waals surface area (Å²) in [6, 6.07) is 0.638. The van der Waals surface area contributed by atoms with Crippen LogP contribution in [-0.2, 0) is 0 Å². The summed E-state index contributed by atoms with van der Waals surface area (Å²) < 4.78 is 1.80. The Bertz CT molecular complexity index is 545. The molecule has 5 heteroatoms. The van der Waals surface area contributed by atoms with Crippen LogP contribution in [-0.4, -0.2) is 15.8 Å². The molecule has 0 bridgehead atoms. The minimum Gasteiger partial charge on any atom is -0.297 e. The predicted octanol–water partition coefficient (Wildman–Crippen LogP) is 4.41. The molecule has 0 aliphatic heterocycles. The van der Waals surface area contributed by atoms with Crippen molar-refractivity contribution in [1.29, 1.82) is 0 Å². The second kappa shape index (κ2) is 6.58. The van der Waals surface area contributed by atoms with E-state index in [2.05, 4.69) is 15.3 Å². The number of hydrogen-bond acceptors (Lipinski definition) is 3. The van der Waals surface area contributed by atoms with Crippen LogP contribution in [0.5, 0.6) is 0 Å². The standard InChI is InChI=1S/C16H26N4O/c1-12-15(18-17-13-8-4-2-5-9-13)16(21)20(19-12)14-10-6-3-7-11-14/h13-14,19H,2-11H2,1H3. The van der Waals surface area contributed by atoms with E-state index in [9.17, 15) is 4.79 Å². The first kappa shape index (κ1) is 14.5. The van der Waals surface area contributed by atoms with Crippen molar-refractivity contribution in [2.75, 3.05) is 0 Å². The molecule has 0 spiro atoms. The summed E-state index contributed by atoms with van der Waals surface area (Å²) >= 11 is 0. The predicted molar refractivity (Wildman–Crippen MR) is 83.3 cm³/mol. The number of rotatable bonds is 3. The maximum Gasteiger partial charge on any atom is 0.294 e. The van der Waals surface area contributed by atoms with E-state index in [-0.39, 0.29) is 5.56 Å². The highest BCUT2D eigenvalue weighted by Crippen LogP contribution is 2.28. The van der Waals surface area contributed by atoms with Gasteiger partial charge in [0.1, 0.15) is 0 Å². The summed E-state index contributed by atoms with van der Waals surface area (Å²) in [6.07, 6.45) is 11.9. The number of aromatic nitrogens is 2. The molecule has 2 saturated carbocycles. The molecule has 3 rings (SSSR count). The number of hydrogen-bond donors (Lipinski definition) is 1. The first-order valence-corrected chi connectivity index (χ1v) is 8.47. The minimum atomic E-state index is 0.0129. The summed E-state index contributed by atoms with van der Waals surface area (Å²) in [4.78, 5) is 12.5. The number of H-pyrrole nitrogens is 1. The van der Waals surface area contributed by atoms with Crippen LogP contribution in [0.2, 0.25) is 0 Å². The van der Waals surface area contributed by atoms with Gasteiger partial charge in [0.2, 0.25) is 0 Å². The van der Waals surface area contributed by atoms with Crippen LogP contribution < -0.4 is 5.56 Å². The average Bonchev–Trinajstić information content (AvgIpc) is 2.82. The highest BCUT2D eigenvalue weighted by molar-refractivity contribution is 5.38. The molecule has 0 saturated heterocycles. The van der Waals surface area contributed by atoms with Gasteiger partial charge in [-0.15, -0.1) is 5.11 Å². The van der Waals surface area contributed by atoms with Gasteiger partial charge in [0.15, 0.2) is 5.69 Å². The van der Waals surface area contributed by atoms with Gasteiger partial charge in [0, 0.05) is 0 Å². The van der Waals surface area contributed by atoms with Crippen molar-refractivity contribution in [3.8, 4) is 0 Å². The Hall–Kier alpha value is -1.39. The van der Waals surface area contributed by atoms with Gasteiger partial charge >= 0.3 is 0 Å². The van der Waals surface area contributed by atoms with Crippen LogP contribution in [0.1, 0.15) is 75.9 Å². The first-order chi connectivity index (χ1) is 10.3. The zero-order chi connectivity index (χ0) is 14.7. The number of aryl methyl sites for hydroxylation is 1. The summed E-state index contributed by atoms with van der Waals surface area (Å²) in [5, 5.41) is 12.0. The molecule has 0 aromatic carbocycles. The summed E-state index contributed by atoms with van der Waals surface area (Å²) in [6.45, 7) is 1.93. The van der Waals surface area contributed by atoms with E-state index < -0.39 is 0 Å². The topological polar surface area (TPSA) is 62.5 Å². The van der Waals surface area contributed by atoms with Gasteiger partial charge in [0.25, 0.3) is 5.56 Å². The molecule has 1 aromatic heterocycles. The zero-order valence-electron chi connectivity index (χ0n) is 13.0. The molecule has 1 aromatic rings. The molecule has 0 radical (unpaired) electrons. The van der Waals surface area contributed by atoms with Crippen molar-refractivity contribution in [2.24, 2.45) is 10.2 Å². The Kier molecular flexibility index (Phi) is 4.56. The molecule has 21 heavy (non-hydrogen) atoms. The number of nitrogens with one attached hydrogen (secondary N) is 1. The molecule has 1 N–H and O–H groups in total. The Labute approximate surface area is 125 Å². The third-order valence-corrected chi connectivity index (χ3v) is 4.90. The molecule has 5 nitrogen and oxygen atoms in total. The SMILES string of the molecule is Cc1[nH]n(C2CCCCC2)c(=O)c1N=NC1CCCCC1. The fraction of sp³-hybridized carbons (Fsp3) is 0.812. The lowest BCUT2D eigenvalue weighted by atomic mass is 9.96. The monoisotopic (exact) mass is 290 g/mol. The molecule has 2 aliphatic rings. The minimum absolute atomic E-state index is 0.0129. The summed E-state index contributed by atoms with van der Waals surface area (Å²) in [5.74, 6) is 0. The van der Waals surface area contributed by atoms with E-state index in [0.29, 0.717) is 17.8 Å². The quantitative estimate of drug-likeness (QED) is 0.824. The van der Waals surface area contributed by atoms with E-state index in [0.717, 1.165) is 31.4 Å². The fourth-order valence-corrected chi connectivity index (χ4v) is 3.61. The van der Waals surface area contributed by atoms with E-state index in [1.165, 1.54) is 38.5 Å². The molecular weight excluding hydrogens is 264 g/mol. The van der Waals surface area contributed by atoms with Crippen molar-refractivity contribution in [1.82, 2.24) is 9.78 Å². The van der Waals surface area contributed by atoms with Gasteiger partial charge in [-0.2, -0.15) is 5.11 Å². The van der Waals surface area contributed by atoms with Crippen LogP contribution in [0.15, 0.2) is 15.0 Å². The van der Waals surface area contributed by atoms with Crippen LogP contribution >= 0.6 is 0 Å². The summed E-state index contributed by atoms with van der Waals surface area (Å²) in [7, 11) is 0. The number of nitrogens with zero attached hydrogens (tertiary/aromatic N) is 3. The van der Waals surface area contributed by atoms with Crippen molar-refractivity contribution < 1.29 is 0 Å². The van der Waals surface area contributed by atoms with Crippen molar-refractivity contribution in [2.45, 2.75) is 83.2 Å². The highest BCUT2D eigenvalue weighted by Gasteiger charge is 2.21. The molecule has 0 amide bonds. The smallest absolute Gasteiger partial charge is 0.294 e. The zero-order valence-corrected chi connectivity index (χ0v) is 13.0. The normalized spacial score (nSPS) is 22.1. The molecular formula is C16H26N4O. The third-order valence-electron chi connectivity index (χ3n) is 4.90. The van der Waals surface area contributed by atoms with Gasteiger partial charge in [-0.25, -0.2) is 4.68 Å². The van der Waals surface area contributed by atoms with Gasteiger partial charge in [-0.05, 0) is 32.6 Å². The van der Waals surface area contributed by atoms with Crippen LogP contribution in [0.4, 0.5) is 5.69 Å². The molecule has 116 valence electrons. The lowest BCUT2D eigenvalue weighted by Gasteiger charge is -2.21. The number of azo groups is 1. The average molecular weight is 290 g/mol. The van der Waals surface area contributed by atoms with Crippen LogP contribution in [0.25, 0.3) is 0 Å². The molecule has 2 aliphatic carbocycles. The van der Waals surface area contributed by atoms with Gasteiger partial charge in [-0.1, -0.05) is 38.5 Å². The molecule has 0 atom stereocenters. The van der Waals surface area contributed by atoms with Crippen LogP contribution in [0, 0.1) is 6.92 Å².